The summed E-state index contributed by atoms with van der Waals surface area (Å²) < 4.78 is 10.9. The predicted octanol–water partition coefficient (Wildman–Crippen LogP) is 2.68. The van der Waals surface area contributed by atoms with Crippen LogP contribution in [0.25, 0.3) is 11.0 Å². The number of para-hydroxylation sites is 1. The lowest BCUT2D eigenvalue weighted by molar-refractivity contribution is -0.00274. The van der Waals surface area contributed by atoms with Crippen molar-refractivity contribution in [1.29, 1.82) is 0 Å². The SMILES string of the molecule is CC[C@H]1COCCN1C(=O)c1coc2ccccc12. The highest BCUT2D eigenvalue weighted by Gasteiger charge is 2.28. The highest BCUT2D eigenvalue weighted by Crippen LogP contribution is 2.24. The van der Waals surface area contributed by atoms with E-state index in [9.17, 15) is 4.79 Å². The van der Waals surface area contributed by atoms with Gasteiger partial charge in [0, 0.05) is 11.9 Å². The Labute approximate surface area is 111 Å². The summed E-state index contributed by atoms with van der Waals surface area (Å²) in [5.41, 5.74) is 1.41. The van der Waals surface area contributed by atoms with E-state index in [1.54, 1.807) is 6.26 Å². The first-order chi connectivity index (χ1) is 9.31. The molecule has 4 heteroatoms. The van der Waals surface area contributed by atoms with Crippen molar-refractivity contribution in [2.24, 2.45) is 0 Å². The molecule has 3 rings (SSSR count). The first-order valence-corrected chi connectivity index (χ1v) is 6.66. The molecule has 0 aliphatic carbocycles. The summed E-state index contributed by atoms with van der Waals surface area (Å²) in [6.45, 7) is 3.96. The van der Waals surface area contributed by atoms with Crippen LogP contribution in [-0.2, 0) is 4.74 Å². The van der Waals surface area contributed by atoms with Crippen molar-refractivity contribution in [3.63, 3.8) is 0 Å². The molecule has 2 aromatic rings. The molecular weight excluding hydrogens is 242 g/mol. The van der Waals surface area contributed by atoms with E-state index in [4.69, 9.17) is 9.15 Å². The second kappa shape index (κ2) is 5.05. The monoisotopic (exact) mass is 259 g/mol. The minimum Gasteiger partial charge on any atom is -0.463 e. The van der Waals surface area contributed by atoms with Crippen molar-refractivity contribution in [2.45, 2.75) is 19.4 Å². The highest BCUT2D eigenvalue weighted by molar-refractivity contribution is 6.06. The van der Waals surface area contributed by atoms with E-state index in [1.165, 1.54) is 0 Å². The Morgan fingerprint density at radius 1 is 1.42 bits per heavy atom. The number of nitrogens with zero attached hydrogens (tertiary/aromatic N) is 1. The Morgan fingerprint density at radius 2 is 2.26 bits per heavy atom. The van der Waals surface area contributed by atoms with Gasteiger partial charge in [0.05, 0.1) is 24.8 Å². The van der Waals surface area contributed by atoms with Crippen molar-refractivity contribution in [2.75, 3.05) is 19.8 Å². The maximum absolute atomic E-state index is 12.7. The van der Waals surface area contributed by atoms with Crippen LogP contribution < -0.4 is 0 Å². The average Bonchev–Trinajstić information content (AvgIpc) is 2.90. The van der Waals surface area contributed by atoms with Crippen LogP contribution in [0.1, 0.15) is 23.7 Å². The molecule has 0 radical (unpaired) electrons. The van der Waals surface area contributed by atoms with E-state index in [1.807, 2.05) is 29.2 Å². The van der Waals surface area contributed by atoms with Crippen molar-refractivity contribution in [1.82, 2.24) is 4.90 Å². The predicted molar refractivity (Wildman–Crippen MR) is 72.1 cm³/mol. The van der Waals surface area contributed by atoms with Crippen LogP contribution >= 0.6 is 0 Å². The molecule has 1 aliphatic rings. The Bertz CT molecular complexity index is 590. The molecule has 1 aromatic heterocycles. The van der Waals surface area contributed by atoms with E-state index < -0.39 is 0 Å². The van der Waals surface area contributed by atoms with E-state index in [2.05, 4.69) is 6.92 Å². The van der Waals surface area contributed by atoms with Gasteiger partial charge in [0.25, 0.3) is 5.91 Å². The van der Waals surface area contributed by atoms with Gasteiger partial charge in [-0.1, -0.05) is 25.1 Å². The third-order valence-electron chi connectivity index (χ3n) is 3.67. The van der Waals surface area contributed by atoms with Crippen molar-refractivity contribution < 1.29 is 13.9 Å². The summed E-state index contributed by atoms with van der Waals surface area (Å²) in [5.74, 6) is 0.0418. The fourth-order valence-corrected chi connectivity index (χ4v) is 2.56. The molecule has 4 nitrogen and oxygen atoms in total. The van der Waals surface area contributed by atoms with Gasteiger partial charge in [-0.3, -0.25) is 4.79 Å². The van der Waals surface area contributed by atoms with Crippen LogP contribution in [0.3, 0.4) is 0 Å². The molecule has 1 fully saturated rings. The number of morpholine rings is 1. The molecule has 0 bridgehead atoms. The number of furan rings is 1. The van der Waals surface area contributed by atoms with Gasteiger partial charge in [0.2, 0.25) is 0 Å². The molecule has 1 atom stereocenters. The van der Waals surface area contributed by atoms with Gasteiger partial charge < -0.3 is 14.1 Å². The van der Waals surface area contributed by atoms with Gasteiger partial charge in [-0.05, 0) is 12.5 Å². The lowest BCUT2D eigenvalue weighted by Gasteiger charge is -2.34. The van der Waals surface area contributed by atoms with Gasteiger partial charge >= 0.3 is 0 Å². The maximum Gasteiger partial charge on any atom is 0.258 e. The van der Waals surface area contributed by atoms with Gasteiger partial charge in [-0.2, -0.15) is 0 Å². The Balaban J connectivity index is 1.94. The summed E-state index contributed by atoms with van der Waals surface area (Å²) in [6, 6.07) is 7.79. The van der Waals surface area contributed by atoms with Gasteiger partial charge in [-0.25, -0.2) is 0 Å². The quantitative estimate of drug-likeness (QED) is 0.832. The zero-order chi connectivity index (χ0) is 13.2. The Kier molecular flexibility index (Phi) is 3.25. The fraction of sp³-hybridized carbons (Fsp3) is 0.400. The minimum atomic E-state index is 0.0418. The highest BCUT2D eigenvalue weighted by atomic mass is 16.5. The number of hydrogen-bond acceptors (Lipinski definition) is 3. The molecular formula is C15H17NO3. The average molecular weight is 259 g/mol. The van der Waals surface area contributed by atoms with Gasteiger partial charge in [0.1, 0.15) is 11.8 Å². The minimum absolute atomic E-state index is 0.0418. The van der Waals surface area contributed by atoms with Crippen molar-refractivity contribution in [3.05, 3.63) is 36.1 Å². The number of rotatable bonds is 2. The van der Waals surface area contributed by atoms with E-state index in [0.717, 1.165) is 17.4 Å². The molecule has 0 spiro atoms. The molecule has 0 saturated carbocycles. The number of carbonyl (C=O) groups excluding carboxylic acids is 1. The number of carbonyl (C=O) groups is 1. The third kappa shape index (κ3) is 2.12. The molecule has 2 heterocycles. The van der Waals surface area contributed by atoms with Gasteiger partial charge in [-0.15, -0.1) is 0 Å². The summed E-state index contributed by atoms with van der Waals surface area (Å²) in [7, 11) is 0. The van der Waals surface area contributed by atoms with Crippen LogP contribution in [0.15, 0.2) is 34.9 Å². The van der Waals surface area contributed by atoms with Crippen LogP contribution in [0.4, 0.5) is 0 Å². The Morgan fingerprint density at radius 3 is 3.11 bits per heavy atom. The lowest BCUT2D eigenvalue weighted by atomic mass is 10.1. The molecule has 1 amide bonds. The molecule has 19 heavy (non-hydrogen) atoms. The molecule has 100 valence electrons. The summed E-state index contributed by atoms with van der Waals surface area (Å²) in [6.07, 6.45) is 2.47. The van der Waals surface area contributed by atoms with E-state index >= 15 is 0 Å². The van der Waals surface area contributed by atoms with Crippen molar-refractivity contribution >= 4 is 16.9 Å². The topological polar surface area (TPSA) is 42.7 Å². The van der Waals surface area contributed by atoms with Gasteiger partial charge in [0.15, 0.2) is 0 Å². The molecule has 1 aliphatic heterocycles. The molecule has 1 saturated heterocycles. The molecule has 1 aromatic carbocycles. The smallest absolute Gasteiger partial charge is 0.258 e. The second-order valence-electron chi connectivity index (χ2n) is 4.78. The summed E-state index contributed by atoms with van der Waals surface area (Å²) in [5, 5.41) is 0.883. The number of fused-ring (bicyclic) bond motifs is 1. The summed E-state index contributed by atoms with van der Waals surface area (Å²) >= 11 is 0. The van der Waals surface area contributed by atoms with E-state index in [-0.39, 0.29) is 11.9 Å². The first-order valence-electron chi connectivity index (χ1n) is 6.66. The van der Waals surface area contributed by atoms with Crippen molar-refractivity contribution in [3.8, 4) is 0 Å². The lowest BCUT2D eigenvalue weighted by Crippen LogP contribution is -2.48. The second-order valence-corrected chi connectivity index (χ2v) is 4.78. The normalized spacial score (nSPS) is 19.8. The number of amides is 1. The third-order valence-corrected chi connectivity index (χ3v) is 3.67. The number of hydrogen-bond donors (Lipinski definition) is 0. The molecule has 0 unspecified atom stereocenters. The molecule has 0 N–H and O–H groups in total. The van der Waals surface area contributed by atoms with E-state index in [0.29, 0.717) is 25.3 Å². The maximum atomic E-state index is 12.7. The largest absolute Gasteiger partial charge is 0.463 e. The zero-order valence-electron chi connectivity index (χ0n) is 11.0. The van der Waals surface area contributed by atoms with Crippen LogP contribution in [-0.4, -0.2) is 36.6 Å². The number of ether oxygens (including phenoxy) is 1. The zero-order valence-corrected chi connectivity index (χ0v) is 11.0. The summed E-state index contributed by atoms with van der Waals surface area (Å²) in [4.78, 5) is 14.6. The standard InChI is InChI=1S/C15H17NO3/c1-2-11-9-18-8-7-16(11)15(17)13-10-19-14-6-4-3-5-12(13)14/h3-6,10-11H,2,7-9H2,1H3/t11-/m0/s1. The first kappa shape index (κ1) is 12.2. The van der Waals surface area contributed by atoms with Crippen LogP contribution in [0.5, 0.6) is 0 Å². The van der Waals surface area contributed by atoms with Crippen LogP contribution in [0.2, 0.25) is 0 Å². The van der Waals surface area contributed by atoms with Crippen LogP contribution in [0, 0.1) is 0 Å². The number of benzene rings is 1. The fourth-order valence-electron chi connectivity index (χ4n) is 2.56. The Hall–Kier alpha value is -1.81.